The molecule has 21 heavy (non-hydrogen) atoms. The molecule has 0 atom stereocenters. The Bertz CT molecular complexity index is 834. The summed E-state index contributed by atoms with van der Waals surface area (Å²) in [5.74, 6) is -1.42. The van der Waals surface area contributed by atoms with Crippen LogP contribution in [0.2, 0.25) is 0 Å². The van der Waals surface area contributed by atoms with Crippen molar-refractivity contribution >= 4 is 27.0 Å². The van der Waals surface area contributed by atoms with Gasteiger partial charge in [-0.1, -0.05) is 13.0 Å². The number of carbonyl (C=O) groups is 1. The number of fused-ring (bicyclic) bond motifs is 1. The molecule has 8 nitrogen and oxygen atoms in total. The van der Waals surface area contributed by atoms with Crippen LogP contribution < -0.4 is 10.4 Å². The number of carboxylic acid groups (broad SMARTS) is 1. The molecule has 0 aliphatic carbocycles. The van der Waals surface area contributed by atoms with Crippen molar-refractivity contribution in [2.24, 2.45) is 0 Å². The number of carboxylic acids is 1. The van der Waals surface area contributed by atoms with Crippen molar-refractivity contribution in [1.29, 1.82) is 0 Å². The van der Waals surface area contributed by atoms with E-state index in [1.807, 2.05) is 0 Å². The van der Waals surface area contributed by atoms with E-state index < -0.39 is 21.7 Å². The van der Waals surface area contributed by atoms with Gasteiger partial charge in [-0.3, -0.25) is 4.57 Å². The standard InChI is InChI=1S/C12H15N3O5S/c1-2-13-21(19,20)7-6-15-9-5-3-4-8(11(16)17)10(9)14-12(15)18/h3-5,13H,2,6-7H2,1H3,(H,14,18)(H,16,17). The first-order valence-electron chi connectivity index (χ1n) is 6.28. The zero-order valence-corrected chi connectivity index (χ0v) is 12.1. The Morgan fingerprint density at radius 1 is 1.43 bits per heavy atom. The van der Waals surface area contributed by atoms with Crippen LogP contribution in [0.3, 0.4) is 0 Å². The van der Waals surface area contributed by atoms with Crippen LogP contribution in [-0.4, -0.2) is 41.3 Å². The maximum atomic E-state index is 11.9. The van der Waals surface area contributed by atoms with E-state index in [0.717, 1.165) is 0 Å². The topological polar surface area (TPSA) is 121 Å². The first-order chi connectivity index (χ1) is 9.85. The van der Waals surface area contributed by atoms with E-state index in [-0.39, 0.29) is 29.9 Å². The minimum Gasteiger partial charge on any atom is -0.478 e. The number of para-hydroxylation sites is 1. The molecule has 0 spiro atoms. The molecule has 0 fully saturated rings. The summed E-state index contributed by atoms with van der Waals surface area (Å²) in [6, 6.07) is 4.45. The molecule has 0 bridgehead atoms. The van der Waals surface area contributed by atoms with Gasteiger partial charge in [0.25, 0.3) is 0 Å². The molecule has 1 aromatic heterocycles. The molecular formula is C12H15N3O5S. The van der Waals surface area contributed by atoms with Gasteiger partial charge in [0.1, 0.15) is 0 Å². The highest BCUT2D eigenvalue weighted by Gasteiger charge is 2.16. The summed E-state index contributed by atoms with van der Waals surface area (Å²) in [6.45, 7) is 1.88. The minimum absolute atomic E-state index is 0.0297. The molecular weight excluding hydrogens is 298 g/mol. The molecule has 0 unspecified atom stereocenters. The third-order valence-corrected chi connectivity index (χ3v) is 4.44. The normalized spacial score (nSPS) is 11.9. The average Bonchev–Trinajstić information content (AvgIpc) is 2.71. The average molecular weight is 313 g/mol. The summed E-state index contributed by atoms with van der Waals surface area (Å²) in [7, 11) is -3.46. The van der Waals surface area contributed by atoms with Crippen LogP contribution in [0, 0.1) is 0 Å². The predicted octanol–water partition coefficient (Wildman–Crippen LogP) is -0.0329. The number of nitrogens with zero attached hydrogens (tertiary/aromatic N) is 1. The zero-order valence-electron chi connectivity index (χ0n) is 11.3. The van der Waals surface area contributed by atoms with Gasteiger partial charge in [-0.2, -0.15) is 0 Å². The number of aromatic carboxylic acids is 1. The summed E-state index contributed by atoms with van der Waals surface area (Å²) in [4.78, 5) is 25.4. The van der Waals surface area contributed by atoms with Gasteiger partial charge >= 0.3 is 11.7 Å². The summed E-state index contributed by atoms with van der Waals surface area (Å²) in [5, 5.41) is 9.07. The number of sulfonamides is 1. The summed E-state index contributed by atoms with van der Waals surface area (Å²) < 4.78 is 26.8. The van der Waals surface area contributed by atoms with Crippen LogP contribution >= 0.6 is 0 Å². The summed E-state index contributed by atoms with van der Waals surface area (Å²) >= 11 is 0. The highest BCUT2D eigenvalue weighted by atomic mass is 32.2. The number of rotatable bonds is 6. The number of benzene rings is 1. The predicted molar refractivity (Wildman–Crippen MR) is 77.0 cm³/mol. The van der Waals surface area contributed by atoms with Crippen LogP contribution in [0.4, 0.5) is 0 Å². The van der Waals surface area contributed by atoms with Crippen LogP contribution in [0.15, 0.2) is 23.0 Å². The molecule has 2 aromatic rings. The van der Waals surface area contributed by atoms with Gasteiger partial charge in [0.2, 0.25) is 10.0 Å². The largest absolute Gasteiger partial charge is 0.478 e. The third-order valence-electron chi connectivity index (χ3n) is 2.99. The fraction of sp³-hybridized carbons (Fsp3) is 0.333. The van der Waals surface area contributed by atoms with Gasteiger partial charge in [-0.05, 0) is 12.1 Å². The van der Waals surface area contributed by atoms with Crippen molar-refractivity contribution in [2.45, 2.75) is 13.5 Å². The Labute approximate surface area is 120 Å². The third kappa shape index (κ3) is 3.14. The fourth-order valence-corrected chi connectivity index (χ4v) is 3.09. The number of imidazole rings is 1. The molecule has 9 heteroatoms. The summed E-state index contributed by atoms with van der Waals surface area (Å²) in [5.41, 5.74) is -0.00858. The molecule has 114 valence electrons. The van der Waals surface area contributed by atoms with Gasteiger partial charge < -0.3 is 10.1 Å². The van der Waals surface area contributed by atoms with Crippen molar-refractivity contribution in [2.75, 3.05) is 12.3 Å². The number of hydrogen-bond acceptors (Lipinski definition) is 4. The van der Waals surface area contributed by atoms with Crippen molar-refractivity contribution in [1.82, 2.24) is 14.3 Å². The number of aromatic amines is 1. The van der Waals surface area contributed by atoms with E-state index in [2.05, 4.69) is 9.71 Å². The molecule has 0 radical (unpaired) electrons. The Balaban J connectivity index is 2.42. The van der Waals surface area contributed by atoms with E-state index in [1.54, 1.807) is 13.0 Å². The van der Waals surface area contributed by atoms with Crippen LogP contribution in [-0.2, 0) is 16.6 Å². The second-order valence-corrected chi connectivity index (χ2v) is 6.33. The number of hydrogen-bond donors (Lipinski definition) is 3. The number of aryl methyl sites for hydroxylation is 1. The molecule has 0 saturated carbocycles. The fourth-order valence-electron chi connectivity index (χ4n) is 2.08. The van der Waals surface area contributed by atoms with Gasteiger partial charge in [0.15, 0.2) is 0 Å². The van der Waals surface area contributed by atoms with Crippen molar-refractivity contribution in [3.63, 3.8) is 0 Å². The molecule has 0 aliphatic rings. The van der Waals surface area contributed by atoms with Gasteiger partial charge in [0, 0.05) is 13.1 Å². The highest BCUT2D eigenvalue weighted by molar-refractivity contribution is 7.89. The minimum atomic E-state index is -3.46. The molecule has 1 aromatic carbocycles. The molecule has 0 aliphatic heterocycles. The smallest absolute Gasteiger partial charge is 0.337 e. The van der Waals surface area contributed by atoms with Gasteiger partial charge in [-0.15, -0.1) is 0 Å². The SMILES string of the molecule is CCNS(=O)(=O)CCn1c(=O)[nH]c2c(C(=O)O)cccc21. The van der Waals surface area contributed by atoms with Gasteiger partial charge in [0.05, 0.1) is 22.3 Å². The maximum absolute atomic E-state index is 11.9. The molecule has 3 N–H and O–H groups in total. The molecule has 1 heterocycles. The first kappa shape index (κ1) is 15.3. The Morgan fingerprint density at radius 2 is 2.14 bits per heavy atom. The maximum Gasteiger partial charge on any atom is 0.337 e. The van der Waals surface area contributed by atoms with Crippen molar-refractivity contribution < 1.29 is 18.3 Å². The number of aromatic nitrogens is 2. The molecule has 2 rings (SSSR count). The van der Waals surface area contributed by atoms with E-state index in [0.29, 0.717) is 5.52 Å². The first-order valence-corrected chi connectivity index (χ1v) is 7.93. The lowest BCUT2D eigenvalue weighted by Crippen LogP contribution is -2.30. The molecule has 0 amide bonds. The van der Waals surface area contributed by atoms with E-state index in [9.17, 15) is 18.0 Å². The van der Waals surface area contributed by atoms with Gasteiger partial charge in [-0.25, -0.2) is 22.7 Å². The van der Waals surface area contributed by atoms with Crippen molar-refractivity contribution in [3.05, 3.63) is 34.2 Å². The zero-order chi connectivity index (χ0) is 15.6. The van der Waals surface area contributed by atoms with Crippen LogP contribution in [0.5, 0.6) is 0 Å². The van der Waals surface area contributed by atoms with Crippen LogP contribution in [0.1, 0.15) is 17.3 Å². The second kappa shape index (κ2) is 5.70. The Hall–Kier alpha value is -2.13. The van der Waals surface area contributed by atoms with Crippen molar-refractivity contribution in [3.8, 4) is 0 Å². The number of H-pyrrole nitrogens is 1. The Kier molecular flexibility index (Phi) is 4.14. The highest BCUT2D eigenvalue weighted by Crippen LogP contribution is 2.15. The quantitative estimate of drug-likeness (QED) is 0.691. The second-order valence-electron chi connectivity index (χ2n) is 4.40. The Morgan fingerprint density at radius 3 is 2.76 bits per heavy atom. The van der Waals surface area contributed by atoms with E-state index in [4.69, 9.17) is 5.11 Å². The lowest BCUT2D eigenvalue weighted by atomic mass is 10.2. The lowest BCUT2D eigenvalue weighted by molar-refractivity contribution is 0.0699. The molecule has 0 saturated heterocycles. The van der Waals surface area contributed by atoms with E-state index in [1.165, 1.54) is 16.7 Å². The monoisotopic (exact) mass is 313 g/mol. The van der Waals surface area contributed by atoms with E-state index >= 15 is 0 Å². The van der Waals surface area contributed by atoms with Crippen LogP contribution in [0.25, 0.3) is 11.0 Å². The number of nitrogens with one attached hydrogen (secondary N) is 2. The lowest BCUT2D eigenvalue weighted by Gasteiger charge is -2.06. The summed E-state index contributed by atoms with van der Waals surface area (Å²) in [6.07, 6.45) is 0.